The van der Waals surface area contributed by atoms with Crippen LogP contribution in [0, 0.1) is 11.3 Å². The van der Waals surface area contributed by atoms with Crippen molar-refractivity contribution >= 4 is 17.6 Å². The third-order valence-corrected chi connectivity index (χ3v) is 3.27. The molecule has 2 aromatic rings. The molecule has 0 aliphatic carbocycles. The number of amides is 1. The van der Waals surface area contributed by atoms with Gasteiger partial charge in [-0.1, -0.05) is 12.1 Å². The number of nitrogens with zero attached hydrogens (tertiary/aromatic N) is 2. The topological polar surface area (TPSA) is 89.0 Å². The van der Waals surface area contributed by atoms with Crippen molar-refractivity contribution in [1.29, 1.82) is 5.26 Å². The zero-order valence-corrected chi connectivity index (χ0v) is 13.5. The molecule has 1 aromatic carbocycles. The minimum Gasteiger partial charge on any atom is -0.493 e. The maximum absolute atomic E-state index is 12.6. The van der Waals surface area contributed by atoms with Gasteiger partial charge in [0.15, 0.2) is 0 Å². The summed E-state index contributed by atoms with van der Waals surface area (Å²) in [6, 6.07) is 10.6. The van der Waals surface area contributed by atoms with Gasteiger partial charge in [0.2, 0.25) is 5.91 Å². The molecule has 0 atom stereocenters. The van der Waals surface area contributed by atoms with E-state index in [0.717, 1.165) is 12.1 Å². The normalized spacial score (nSPS) is 11.7. The van der Waals surface area contributed by atoms with Crippen molar-refractivity contribution in [2.45, 2.75) is 12.6 Å². The van der Waals surface area contributed by atoms with E-state index in [4.69, 9.17) is 10.5 Å². The number of carbonyl (C=O) groups excluding carboxylic acids is 1. The molecule has 0 saturated heterocycles. The van der Waals surface area contributed by atoms with Crippen molar-refractivity contribution in [2.75, 3.05) is 6.61 Å². The Balaban J connectivity index is 2.21. The first kappa shape index (κ1) is 19.0. The van der Waals surface area contributed by atoms with Crippen LogP contribution >= 0.6 is 0 Å². The van der Waals surface area contributed by atoms with E-state index in [0.29, 0.717) is 17.5 Å². The number of rotatable bonds is 6. The Kier molecular flexibility index (Phi) is 5.96. The molecule has 0 fully saturated rings. The van der Waals surface area contributed by atoms with Crippen LogP contribution in [0.4, 0.5) is 13.2 Å². The summed E-state index contributed by atoms with van der Waals surface area (Å²) in [6.45, 7) is 0.119. The lowest BCUT2D eigenvalue weighted by Gasteiger charge is -2.07. The Morgan fingerprint density at radius 3 is 2.65 bits per heavy atom. The summed E-state index contributed by atoms with van der Waals surface area (Å²) in [7, 11) is 0. The Morgan fingerprint density at radius 1 is 1.31 bits per heavy atom. The predicted molar refractivity (Wildman–Crippen MR) is 88.5 cm³/mol. The average Bonchev–Trinajstić information content (AvgIpc) is 2.59. The van der Waals surface area contributed by atoms with Gasteiger partial charge >= 0.3 is 6.18 Å². The van der Waals surface area contributed by atoms with E-state index in [1.807, 2.05) is 6.07 Å². The zero-order chi connectivity index (χ0) is 19.2. The smallest absolute Gasteiger partial charge is 0.417 e. The molecule has 1 amide bonds. The van der Waals surface area contributed by atoms with Crippen LogP contribution in [0.15, 0.2) is 42.6 Å². The molecule has 1 aromatic heterocycles. The molecular weight excluding hydrogens is 347 g/mol. The van der Waals surface area contributed by atoms with E-state index in [9.17, 15) is 23.2 Å². The predicted octanol–water partition coefficient (Wildman–Crippen LogP) is 3.42. The van der Waals surface area contributed by atoms with E-state index in [1.165, 1.54) is 6.08 Å². The number of halogens is 3. The molecule has 0 aliphatic heterocycles. The van der Waals surface area contributed by atoms with Crippen LogP contribution in [0.5, 0.6) is 5.75 Å². The highest BCUT2D eigenvalue weighted by molar-refractivity contribution is 5.88. The number of hydrogen-bond acceptors (Lipinski definition) is 4. The number of primary amides is 1. The van der Waals surface area contributed by atoms with Crippen molar-refractivity contribution in [3.63, 3.8) is 0 Å². The molecule has 0 bridgehead atoms. The third kappa shape index (κ3) is 5.34. The first-order chi connectivity index (χ1) is 12.3. The molecule has 2 rings (SSSR count). The highest BCUT2D eigenvalue weighted by Gasteiger charge is 2.30. The molecule has 0 unspecified atom stereocenters. The summed E-state index contributed by atoms with van der Waals surface area (Å²) in [6.07, 6.45) is -2.25. The minimum absolute atomic E-state index is 0.0684. The second kappa shape index (κ2) is 8.16. The lowest BCUT2D eigenvalue weighted by molar-refractivity contribution is -0.137. The van der Waals surface area contributed by atoms with Crippen LogP contribution in [-0.2, 0) is 11.0 Å². The van der Waals surface area contributed by atoms with Crippen molar-refractivity contribution in [3.05, 3.63) is 59.4 Å². The number of alkyl halides is 3. The molecule has 5 nitrogen and oxygen atoms in total. The van der Waals surface area contributed by atoms with Crippen molar-refractivity contribution < 1.29 is 22.7 Å². The van der Waals surface area contributed by atoms with Crippen LogP contribution in [0.2, 0.25) is 0 Å². The molecule has 1 heterocycles. The van der Waals surface area contributed by atoms with Crippen LogP contribution < -0.4 is 10.5 Å². The first-order valence-electron chi connectivity index (χ1n) is 7.46. The summed E-state index contributed by atoms with van der Waals surface area (Å²) >= 11 is 0. The van der Waals surface area contributed by atoms with Crippen LogP contribution in [0.1, 0.15) is 23.2 Å². The maximum atomic E-state index is 12.6. The van der Waals surface area contributed by atoms with Crippen LogP contribution in [0.3, 0.4) is 0 Å². The molecular formula is C18H14F3N3O2. The van der Waals surface area contributed by atoms with Gasteiger partial charge < -0.3 is 10.5 Å². The van der Waals surface area contributed by atoms with Crippen LogP contribution in [-0.4, -0.2) is 17.5 Å². The highest BCUT2D eigenvalue weighted by atomic mass is 19.4. The third-order valence-electron chi connectivity index (χ3n) is 3.27. The van der Waals surface area contributed by atoms with E-state index < -0.39 is 17.6 Å². The van der Waals surface area contributed by atoms with Crippen molar-refractivity contribution in [3.8, 4) is 11.8 Å². The minimum atomic E-state index is -4.49. The molecule has 26 heavy (non-hydrogen) atoms. The van der Waals surface area contributed by atoms with Gasteiger partial charge in [0, 0.05) is 6.20 Å². The van der Waals surface area contributed by atoms with Gasteiger partial charge in [-0.25, -0.2) is 0 Å². The second-order valence-corrected chi connectivity index (χ2v) is 5.24. The number of carbonyl (C=O) groups is 1. The van der Waals surface area contributed by atoms with Gasteiger partial charge in [0.25, 0.3) is 0 Å². The van der Waals surface area contributed by atoms with E-state index >= 15 is 0 Å². The standard InChI is InChI=1S/C18H14F3N3O2/c19-18(20,21)14-4-5-16(24-11-14)13(10-22)8-12-2-1-3-15(9-12)26-7-6-17(23)25/h1-5,8-9,11H,6-7H2,(H2,23,25). The van der Waals surface area contributed by atoms with E-state index in [1.54, 1.807) is 24.3 Å². The Hall–Kier alpha value is -3.34. The quantitative estimate of drug-likeness (QED) is 0.799. The number of allylic oxidation sites excluding steroid dienone is 1. The van der Waals surface area contributed by atoms with E-state index in [2.05, 4.69) is 4.98 Å². The molecule has 0 radical (unpaired) electrons. The number of aromatic nitrogens is 1. The second-order valence-electron chi connectivity index (χ2n) is 5.24. The number of hydrogen-bond donors (Lipinski definition) is 1. The SMILES string of the molecule is N#CC(=Cc1cccc(OCCC(N)=O)c1)c1ccc(C(F)(F)F)cn1. The first-order valence-corrected chi connectivity index (χ1v) is 7.46. The fourth-order valence-electron chi connectivity index (χ4n) is 2.01. The number of pyridine rings is 1. The fourth-order valence-corrected chi connectivity index (χ4v) is 2.01. The van der Waals surface area contributed by atoms with Crippen LogP contribution in [0.25, 0.3) is 11.6 Å². The molecule has 0 saturated carbocycles. The number of nitriles is 1. The lowest BCUT2D eigenvalue weighted by atomic mass is 10.1. The number of nitrogens with two attached hydrogens (primary N) is 1. The number of ether oxygens (including phenoxy) is 1. The molecule has 0 aliphatic rings. The molecule has 134 valence electrons. The lowest BCUT2D eigenvalue weighted by Crippen LogP contribution is -2.14. The summed E-state index contributed by atoms with van der Waals surface area (Å²) in [5, 5.41) is 9.28. The average molecular weight is 361 g/mol. The van der Waals surface area contributed by atoms with Crippen molar-refractivity contribution in [1.82, 2.24) is 4.98 Å². The molecule has 0 spiro atoms. The molecule has 8 heteroatoms. The van der Waals surface area contributed by atoms with Crippen molar-refractivity contribution in [2.24, 2.45) is 5.73 Å². The largest absolute Gasteiger partial charge is 0.493 e. The highest BCUT2D eigenvalue weighted by Crippen LogP contribution is 2.29. The van der Waals surface area contributed by atoms with Gasteiger partial charge in [0.05, 0.1) is 29.9 Å². The summed E-state index contributed by atoms with van der Waals surface area (Å²) in [4.78, 5) is 14.4. The van der Waals surface area contributed by atoms with Gasteiger partial charge in [-0.2, -0.15) is 18.4 Å². The maximum Gasteiger partial charge on any atom is 0.417 e. The van der Waals surface area contributed by atoms with Gasteiger partial charge in [0.1, 0.15) is 11.8 Å². The Labute approximate surface area is 147 Å². The van der Waals surface area contributed by atoms with Gasteiger partial charge in [-0.15, -0.1) is 0 Å². The summed E-state index contributed by atoms with van der Waals surface area (Å²) < 4.78 is 43.1. The summed E-state index contributed by atoms with van der Waals surface area (Å²) in [5.41, 5.74) is 4.97. The zero-order valence-electron chi connectivity index (χ0n) is 13.5. The monoisotopic (exact) mass is 361 g/mol. The Morgan fingerprint density at radius 2 is 2.08 bits per heavy atom. The fraction of sp³-hybridized carbons (Fsp3) is 0.167. The summed E-state index contributed by atoms with van der Waals surface area (Å²) in [5.74, 6) is -0.0149. The number of benzene rings is 1. The van der Waals surface area contributed by atoms with E-state index in [-0.39, 0.29) is 24.3 Å². The van der Waals surface area contributed by atoms with Gasteiger partial charge in [-0.3, -0.25) is 9.78 Å². The Bertz CT molecular complexity index is 853. The van der Waals surface area contributed by atoms with Gasteiger partial charge in [-0.05, 0) is 35.9 Å². The molecule has 2 N–H and O–H groups in total.